The van der Waals surface area contributed by atoms with E-state index in [9.17, 15) is 19.5 Å². The summed E-state index contributed by atoms with van der Waals surface area (Å²) in [4.78, 5) is 46.6. The van der Waals surface area contributed by atoms with Gasteiger partial charge in [-0.3, -0.25) is 19.3 Å². The van der Waals surface area contributed by atoms with Crippen molar-refractivity contribution >= 4 is 28.6 Å². The van der Waals surface area contributed by atoms with Gasteiger partial charge in [-0.15, -0.1) is 0 Å². The van der Waals surface area contributed by atoms with Gasteiger partial charge in [0.15, 0.2) is 0 Å². The number of aromatic nitrogens is 1. The van der Waals surface area contributed by atoms with Crippen LogP contribution in [0.5, 0.6) is 5.75 Å². The Hall–Kier alpha value is -3.89. The first-order valence-corrected chi connectivity index (χ1v) is 15.0. The van der Waals surface area contributed by atoms with Crippen molar-refractivity contribution < 1.29 is 24.2 Å². The molecule has 0 aliphatic carbocycles. The molecule has 43 heavy (non-hydrogen) atoms. The van der Waals surface area contributed by atoms with Crippen LogP contribution in [0.4, 0.5) is 0 Å². The standard InChI is InChI=1S/C33H45N5O5/c1-7-20(4)29(38(5)6)33(42)37-28-30(19(2)3)43-23-14-12-21(13-15-23)27(39)18-35-31(40)26(36-32(28)41)16-22-17-34-25-11-9-8-10-24(22)25/h8-15,17,19-20,26-30,34,39H,7,16,18H2,1-6H3,(H,35,40)(H,36,41)(H,37,42). The Bertz CT molecular complexity index is 1400. The van der Waals surface area contributed by atoms with Gasteiger partial charge in [-0.25, -0.2) is 0 Å². The van der Waals surface area contributed by atoms with E-state index in [1.165, 1.54) is 0 Å². The number of likely N-dealkylation sites (N-methyl/N-ethyl adjacent to an activating group) is 1. The Labute approximate surface area is 253 Å². The Kier molecular flexibility index (Phi) is 10.5. The summed E-state index contributed by atoms with van der Waals surface area (Å²) in [5.74, 6) is -0.895. The Morgan fingerprint density at radius 3 is 2.42 bits per heavy atom. The number of fused-ring (bicyclic) bond motifs is 12. The van der Waals surface area contributed by atoms with Crippen molar-refractivity contribution in [3.63, 3.8) is 0 Å². The van der Waals surface area contributed by atoms with E-state index in [4.69, 9.17) is 4.74 Å². The van der Waals surface area contributed by atoms with Crippen LogP contribution in [0.3, 0.4) is 0 Å². The zero-order valence-corrected chi connectivity index (χ0v) is 25.9. The summed E-state index contributed by atoms with van der Waals surface area (Å²) in [6, 6.07) is 12.1. The average Bonchev–Trinajstić information content (AvgIpc) is 3.39. The summed E-state index contributed by atoms with van der Waals surface area (Å²) >= 11 is 0. The molecule has 3 aromatic rings. The molecule has 5 N–H and O–H groups in total. The van der Waals surface area contributed by atoms with E-state index in [2.05, 4.69) is 20.9 Å². The molecule has 2 aromatic carbocycles. The molecule has 0 radical (unpaired) electrons. The van der Waals surface area contributed by atoms with Crippen LogP contribution in [0.15, 0.2) is 54.7 Å². The Balaban J connectivity index is 1.74. The summed E-state index contributed by atoms with van der Waals surface area (Å²) in [7, 11) is 3.69. The maximum absolute atomic E-state index is 14.2. The molecule has 232 valence electrons. The average molecular weight is 592 g/mol. The van der Waals surface area contributed by atoms with Gasteiger partial charge in [0.05, 0.1) is 12.1 Å². The van der Waals surface area contributed by atoms with Gasteiger partial charge in [0.25, 0.3) is 0 Å². The van der Waals surface area contributed by atoms with E-state index >= 15 is 0 Å². The number of ether oxygens (including phenoxy) is 1. The lowest BCUT2D eigenvalue weighted by molar-refractivity contribution is -0.137. The highest BCUT2D eigenvalue weighted by atomic mass is 16.5. The zero-order valence-electron chi connectivity index (χ0n) is 25.9. The largest absolute Gasteiger partial charge is 0.487 e. The minimum absolute atomic E-state index is 0.0342. The highest BCUT2D eigenvalue weighted by molar-refractivity contribution is 5.94. The van der Waals surface area contributed by atoms with Crippen LogP contribution in [0, 0.1) is 11.8 Å². The molecule has 10 heteroatoms. The molecule has 6 unspecified atom stereocenters. The second kappa shape index (κ2) is 14.1. The van der Waals surface area contributed by atoms with E-state index in [0.29, 0.717) is 11.3 Å². The summed E-state index contributed by atoms with van der Waals surface area (Å²) < 4.78 is 6.37. The summed E-state index contributed by atoms with van der Waals surface area (Å²) in [5.41, 5.74) is 2.39. The number of carbonyl (C=O) groups excluding carboxylic acids is 3. The number of nitrogens with zero attached hydrogens (tertiary/aromatic N) is 1. The molecular formula is C33H45N5O5. The SMILES string of the molecule is CCC(C)C(C(=O)NC1C(=O)NC(Cc2c[nH]c3ccccc23)C(=O)NCC(O)c2ccc(cc2)OC1C(C)C)N(C)C. The molecule has 0 fully saturated rings. The lowest BCUT2D eigenvalue weighted by Crippen LogP contribution is -2.62. The molecule has 10 nitrogen and oxygen atoms in total. The topological polar surface area (TPSA) is 136 Å². The van der Waals surface area contributed by atoms with Gasteiger partial charge in [0, 0.05) is 30.1 Å². The van der Waals surface area contributed by atoms with Crippen molar-refractivity contribution in [2.24, 2.45) is 11.8 Å². The fourth-order valence-electron chi connectivity index (χ4n) is 5.70. The number of H-pyrrole nitrogens is 1. The molecule has 2 aliphatic rings. The maximum Gasteiger partial charge on any atom is 0.247 e. The van der Waals surface area contributed by atoms with E-state index < -0.39 is 42.1 Å². The number of aliphatic hydroxyl groups is 1. The van der Waals surface area contributed by atoms with Gasteiger partial charge in [-0.2, -0.15) is 0 Å². The molecule has 2 aliphatic heterocycles. The zero-order chi connectivity index (χ0) is 31.3. The third-order valence-electron chi connectivity index (χ3n) is 8.31. The number of aliphatic hydroxyl groups excluding tert-OH is 1. The molecule has 3 amide bonds. The normalized spacial score (nSPS) is 22.9. The van der Waals surface area contributed by atoms with E-state index in [0.717, 1.165) is 22.9 Å². The lowest BCUT2D eigenvalue weighted by atomic mass is 9.94. The number of carbonyl (C=O) groups is 3. The van der Waals surface area contributed by atoms with Crippen LogP contribution >= 0.6 is 0 Å². The van der Waals surface area contributed by atoms with Gasteiger partial charge in [-0.1, -0.05) is 64.4 Å². The Morgan fingerprint density at radius 2 is 1.77 bits per heavy atom. The minimum Gasteiger partial charge on any atom is -0.487 e. The van der Waals surface area contributed by atoms with E-state index in [-0.39, 0.29) is 30.7 Å². The highest BCUT2D eigenvalue weighted by Crippen LogP contribution is 2.24. The van der Waals surface area contributed by atoms with Crippen LogP contribution < -0.4 is 20.7 Å². The molecular weight excluding hydrogens is 546 g/mol. The molecule has 0 saturated heterocycles. The number of amides is 3. The van der Waals surface area contributed by atoms with E-state index in [1.54, 1.807) is 24.3 Å². The summed E-state index contributed by atoms with van der Waals surface area (Å²) in [5, 5.41) is 20.4. The number of hydrogen-bond acceptors (Lipinski definition) is 6. The first-order chi connectivity index (χ1) is 20.5. The first kappa shape index (κ1) is 32.0. The monoisotopic (exact) mass is 591 g/mol. The molecule has 3 heterocycles. The summed E-state index contributed by atoms with van der Waals surface area (Å²) in [6.45, 7) is 7.84. The molecule has 2 bridgehead atoms. The van der Waals surface area contributed by atoms with Crippen LogP contribution in [0.25, 0.3) is 10.9 Å². The van der Waals surface area contributed by atoms with Gasteiger partial charge in [0.1, 0.15) is 23.9 Å². The highest BCUT2D eigenvalue weighted by Gasteiger charge is 2.39. The third kappa shape index (κ3) is 7.55. The van der Waals surface area contributed by atoms with Crippen LogP contribution in [-0.4, -0.2) is 77.6 Å². The van der Waals surface area contributed by atoms with Gasteiger partial charge in [-0.05, 0) is 55.3 Å². The van der Waals surface area contributed by atoms with E-state index in [1.807, 2.05) is 77.2 Å². The molecule has 0 spiro atoms. The molecule has 6 atom stereocenters. The van der Waals surface area contributed by atoms with Crippen molar-refractivity contribution in [1.29, 1.82) is 0 Å². The molecule has 5 rings (SSSR count). The van der Waals surface area contributed by atoms with Crippen LogP contribution in [-0.2, 0) is 20.8 Å². The summed E-state index contributed by atoms with van der Waals surface area (Å²) in [6.07, 6.45) is 1.12. The van der Waals surface area contributed by atoms with Crippen LogP contribution in [0.2, 0.25) is 0 Å². The van der Waals surface area contributed by atoms with Gasteiger partial charge in [0.2, 0.25) is 17.7 Å². The molecule has 0 saturated carbocycles. The number of benzene rings is 2. The Morgan fingerprint density at radius 1 is 1.07 bits per heavy atom. The minimum atomic E-state index is -1.09. The smallest absolute Gasteiger partial charge is 0.247 e. The quantitative estimate of drug-likeness (QED) is 0.273. The predicted octanol–water partition coefficient (Wildman–Crippen LogP) is 2.92. The fourth-order valence-corrected chi connectivity index (χ4v) is 5.70. The van der Waals surface area contributed by atoms with Crippen LogP contribution in [0.1, 0.15) is 51.3 Å². The van der Waals surface area contributed by atoms with Crippen molar-refractivity contribution in [3.8, 4) is 5.75 Å². The predicted molar refractivity (Wildman–Crippen MR) is 166 cm³/mol. The van der Waals surface area contributed by atoms with Crippen molar-refractivity contribution in [1.82, 2.24) is 25.8 Å². The third-order valence-corrected chi connectivity index (χ3v) is 8.31. The van der Waals surface area contributed by atoms with Crippen molar-refractivity contribution in [3.05, 3.63) is 65.9 Å². The van der Waals surface area contributed by atoms with Crippen molar-refractivity contribution in [2.75, 3.05) is 20.6 Å². The van der Waals surface area contributed by atoms with Gasteiger partial charge >= 0.3 is 0 Å². The fraction of sp³-hybridized carbons (Fsp3) is 0.485. The lowest BCUT2D eigenvalue weighted by Gasteiger charge is -2.35. The first-order valence-electron chi connectivity index (χ1n) is 15.0. The second-order valence-corrected chi connectivity index (χ2v) is 12.1. The molecule has 1 aromatic heterocycles. The number of rotatable bonds is 8. The number of nitrogens with one attached hydrogen (secondary N) is 4. The number of para-hydroxylation sites is 1. The van der Waals surface area contributed by atoms with Gasteiger partial charge < -0.3 is 30.8 Å². The number of aromatic amines is 1. The maximum atomic E-state index is 14.2. The second-order valence-electron chi connectivity index (χ2n) is 12.1. The number of hydrogen-bond donors (Lipinski definition) is 5. The van der Waals surface area contributed by atoms with Crippen molar-refractivity contribution in [2.45, 2.75) is 70.9 Å².